The third kappa shape index (κ3) is 1.79. The molecule has 3 heteroatoms. The van der Waals surface area contributed by atoms with Crippen LogP contribution in [0.5, 0.6) is 5.75 Å². The summed E-state index contributed by atoms with van der Waals surface area (Å²) >= 11 is 0. The normalized spacial score (nSPS) is 10.9. The van der Waals surface area contributed by atoms with Crippen molar-refractivity contribution in [2.24, 2.45) is 0 Å². The van der Waals surface area contributed by atoms with E-state index in [1.54, 1.807) is 24.3 Å². The van der Waals surface area contributed by atoms with E-state index in [4.69, 9.17) is 4.42 Å². The van der Waals surface area contributed by atoms with E-state index >= 15 is 0 Å². The van der Waals surface area contributed by atoms with Crippen LogP contribution in [0.4, 0.5) is 0 Å². The molecule has 1 aromatic heterocycles. The highest BCUT2D eigenvalue weighted by Crippen LogP contribution is 2.34. The van der Waals surface area contributed by atoms with Crippen LogP contribution in [-0.4, -0.2) is 5.11 Å². The Morgan fingerprint density at radius 2 is 1.60 bits per heavy atom. The molecule has 0 fully saturated rings. The lowest BCUT2D eigenvalue weighted by Crippen LogP contribution is -2.03. The minimum Gasteiger partial charge on any atom is -0.502 e. The Bertz CT molecular complexity index is 839. The van der Waals surface area contributed by atoms with Crippen molar-refractivity contribution in [3.8, 4) is 17.1 Å². The number of aromatic hydroxyl groups is 1. The fraction of sp³-hybridized carbons (Fsp3) is 0.118. The van der Waals surface area contributed by atoms with E-state index in [1.165, 1.54) is 0 Å². The number of hydrogen-bond acceptors (Lipinski definition) is 3. The molecule has 0 saturated heterocycles. The molecule has 3 aromatic rings. The predicted octanol–water partition coefficient (Wildman–Crippen LogP) is 3.78. The molecular formula is C17H14O3. The van der Waals surface area contributed by atoms with E-state index in [0.29, 0.717) is 11.0 Å². The van der Waals surface area contributed by atoms with Gasteiger partial charge in [0, 0.05) is 5.56 Å². The van der Waals surface area contributed by atoms with Crippen molar-refractivity contribution in [2.45, 2.75) is 13.8 Å². The molecular weight excluding hydrogens is 252 g/mol. The number of fused-ring (bicyclic) bond motifs is 1. The second kappa shape index (κ2) is 4.53. The molecule has 20 heavy (non-hydrogen) atoms. The van der Waals surface area contributed by atoms with Crippen LogP contribution in [0.25, 0.3) is 22.3 Å². The highest BCUT2D eigenvalue weighted by Gasteiger charge is 2.17. The van der Waals surface area contributed by atoms with Gasteiger partial charge in [-0.25, -0.2) is 0 Å². The molecule has 0 atom stereocenters. The van der Waals surface area contributed by atoms with E-state index in [0.717, 1.165) is 16.7 Å². The first-order chi connectivity index (χ1) is 9.59. The van der Waals surface area contributed by atoms with Crippen molar-refractivity contribution < 1.29 is 9.52 Å². The van der Waals surface area contributed by atoms with Gasteiger partial charge in [-0.3, -0.25) is 4.79 Å². The highest BCUT2D eigenvalue weighted by molar-refractivity contribution is 5.82. The number of para-hydroxylation sites is 1. The zero-order valence-electron chi connectivity index (χ0n) is 11.3. The number of benzene rings is 2. The van der Waals surface area contributed by atoms with Crippen LogP contribution in [0.1, 0.15) is 11.1 Å². The molecule has 0 bridgehead atoms. The Labute approximate surface area is 116 Å². The van der Waals surface area contributed by atoms with Gasteiger partial charge >= 0.3 is 0 Å². The summed E-state index contributed by atoms with van der Waals surface area (Å²) in [5, 5.41) is 10.6. The first kappa shape index (κ1) is 12.5. The fourth-order valence-corrected chi connectivity index (χ4v) is 2.47. The third-order valence-corrected chi connectivity index (χ3v) is 3.48. The molecule has 1 N–H and O–H groups in total. The van der Waals surface area contributed by atoms with Gasteiger partial charge in [-0.15, -0.1) is 0 Å². The third-order valence-electron chi connectivity index (χ3n) is 3.48. The largest absolute Gasteiger partial charge is 0.502 e. The monoisotopic (exact) mass is 266 g/mol. The average Bonchev–Trinajstić information content (AvgIpc) is 2.44. The van der Waals surface area contributed by atoms with Gasteiger partial charge in [0.05, 0.1) is 5.39 Å². The smallest absolute Gasteiger partial charge is 0.235 e. The molecule has 0 radical (unpaired) electrons. The van der Waals surface area contributed by atoms with E-state index < -0.39 is 5.43 Å². The summed E-state index contributed by atoms with van der Waals surface area (Å²) in [5.41, 5.74) is 2.77. The second-order valence-corrected chi connectivity index (χ2v) is 4.87. The Balaban J connectivity index is 2.44. The highest BCUT2D eigenvalue weighted by atomic mass is 16.4. The van der Waals surface area contributed by atoms with Crippen LogP contribution in [0, 0.1) is 13.8 Å². The van der Waals surface area contributed by atoms with E-state index in [1.807, 2.05) is 32.0 Å². The molecule has 0 aliphatic heterocycles. The summed E-state index contributed by atoms with van der Waals surface area (Å²) < 4.78 is 5.77. The van der Waals surface area contributed by atoms with E-state index in [-0.39, 0.29) is 11.5 Å². The van der Waals surface area contributed by atoms with Gasteiger partial charge in [-0.05, 0) is 37.1 Å². The van der Waals surface area contributed by atoms with E-state index in [2.05, 4.69) is 0 Å². The Hall–Kier alpha value is -2.55. The second-order valence-electron chi connectivity index (χ2n) is 4.87. The summed E-state index contributed by atoms with van der Waals surface area (Å²) in [6.45, 7) is 3.86. The Kier molecular flexibility index (Phi) is 2.83. The molecule has 0 saturated carbocycles. The van der Waals surface area contributed by atoms with Crippen molar-refractivity contribution in [3.63, 3.8) is 0 Å². The fourth-order valence-electron chi connectivity index (χ4n) is 2.47. The summed E-state index contributed by atoms with van der Waals surface area (Å²) in [7, 11) is 0. The van der Waals surface area contributed by atoms with Crippen molar-refractivity contribution in [1.29, 1.82) is 0 Å². The molecule has 0 aliphatic rings. The molecule has 0 amide bonds. The maximum Gasteiger partial charge on any atom is 0.235 e. The lowest BCUT2D eigenvalue weighted by atomic mass is 9.99. The maximum absolute atomic E-state index is 12.2. The first-order valence-electron chi connectivity index (χ1n) is 6.41. The first-order valence-corrected chi connectivity index (χ1v) is 6.41. The molecule has 3 rings (SSSR count). The van der Waals surface area contributed by atoms with Crippen LogP contribution in [0.3, 0.4) is 0 Å². The standard InChI is InChI=1S/C17H14O3/c1-10-6-5-7-11(2)14(10)17-16(19)15(18)12-8-3-4-9-13(12)20-17/h3-9,19H,1-2H3. The van der Waals surface area contributed by atoms with Crippen molar-refractivity contribution >= 4 is 11.0 Å². The quantitative estimate of drug-likeness (QED) is 0.729. The lowest BCUT2D eigenvalue weighted by molar-refractivity contribution is 0.449. The minimum absolute atomic E-state index is 0.240. The zero-order chi connectivity index (χ0) is 14.3. The van der Waals surface area contributed by atoms with Crippen LogP contribution in [0.15, 0.2) is 51.7 Å². The van der Waals surface area contributed by atoms with Gasteiger partial charge < -0.3 is 9.52 Å². The number of aryl methyl sites for hydroxylation is 2. The molecule has 1 heterocycles. The number of rotatable bonds is 1. The summed E-state index contributed by atoms with van der Waals surface area (Å²) in [5.74, 6) is -0.0922. The SMILES string of the molecule is Cc1cccc(C)c1-c1oc2ccccc2c(=O)c1O. The minimum atomic E-state index is -0.399. The molecule has 0 spiro atoms. The summed E-state index contributed by atoms with van der Waals surface area (Å²) in [6.07, 6.45) is 0. The topological polar surface area (TPSA) is 50.4 Å². The molecule has 0 aliphatic carbocycles. The van der Waals surface area contributed by atoms with Gasteiger partial charge in [0.25, 0.3) is 0 Å². The average molecular weight is 266 g/mol. The van der Waals surface area contributed by atoms with Crippen LogP contribution in [0.2, 0.25) is 0 Å². The summed E-state index contributed by atoms with van der Waals surface area (Å²) in [4.78, 5) is 12.2. The van der Waals surface area contributed by atoms with Gasteiger partial charge in [0.1, 0.15) is 5.58 Å². The number of hydrogen-bond donors (Lipinski definition) is 1. The van der Waals surface area contributed by atoms with Crippen LogP contribution in [-0.2, 0) is 0 Å². The van der Waals surface area contributed by atoms with Crippen molar-refractivity contribution in [2.75, 3.05) is 0 Å². The molecule has 0 unspecified atom stereocenters. The summed E-state index contributed by atoms with van der Waals surface area (Å²) in [6, 6.07) is 12.7. The predicted molar refractivity (Wildman–Crippen MR) is 79.1 cm³/mol. The lowest BCUT2D eigenvalue weighted by Gasteiger charge is -2.11. The van der Waals surface area contributed by atoms with Crippen LogP contribution < -0.4 is 5.43 Å². The Morgan fingerprint density at radius 1 is 0.950 bits per heavy atom. The molecule has 2 aromatic carbocycles. The molecule has 100 valence electrons. The molecule has 3 nitrogen and oxygen atoms in total. The Morgan fingerprint density at radius 3 is 2.30 bits per heavy atom. The van der Waals surface area contributed by atoms with Crippen LogP contribution >= 0.6 is 0 Å². The van der Waals surface area contributed by atoms with Gasteiger partial charge in [-0.2, -0.15) is 0 Å². The van der Waals surface area contributed by atoms with Gasteiger partial charge in [-0.1, -0.05) is 30.3 Å². The van der Waals surface area contributed by atoms with Crippen molar-refractivity contribution in [1.82, 2.24) is 0 Å². The zero-order valence-corrected chi connectivity index (χ0v) is 11.3. The maximum atomic E-state index is 12.2. The van der Waals surface area contributed by atoms with E-state index in [9.17, 15) is 9.90 Å². The van der Waals surface area contributed by atoms with Gasteiger partial charge in [0.2, 0.25) is 11.2 Å². The van der Waals surface area contributed by atoms with Gasteiger partial charge in [0.15, 0.2) is 5.76 Å². The van der Waals surface area contributed by atoms with Crippen molar-refractivity contribution in [3.05, 3.63) is 63.8 Å².